The van der Waals surface area contributed by atoms with Gasteiger partial charge in [-0.1, -0.05) is 12.1 Å². The topological polar surface area (TPSA) is 83.9 Å². The Morgan fingerprint density at radius 3 is 2.42 bits per heavy atom. The monoisotopic (exact) mass is 285 g/mol. The fourth-order valence-corrected chi connectivity index (χ4v) is 2.61. The van der Waals surface area contributed by atoms with Crippen molar-refractivity contribution in [3.63, 3.8) is 0 Å². The highest BCUT2D eigenvalue weighted by Crippen LogP contribution is 2.17. The number of carbonyl (C=O) groups is 1. The van der Waals surface area contributed by atoms with Crippen LogP contribution >= 0.6 is 0 Å². The Balaban J connectivity index is 1.80. The molecule has 1 aromatic rings. The van der Waals surface area contributed by atoms with E-state index in [1.807, 2.05) is 0 Å². The number of nitrogens with zero attached hydrogens (tertiary/aromatic N) is 1. The molecule has 0 unspecified atom stereocenters. The van der Waals surface area contributed by atoms with E-state index in [1.165, 1.54) is 22.7 Å². The number of rotatable bonds is 5. The lowest BCUT2D eigenvalue weighted by molar-refractivity contribution is -0.0293. The minimum atomic E-state index is -3.11. The van der Waals surface area contributed by atoms with Gasteiger partial charge >= 0.3 is 5.97 Å². The Bertz CT molecular complexity index is 560. The maximum Gasteiger partial charge on any atom is 0.335 e. The summed E-state index contributed by atoms with van der Waals surface area (Å²) in [6, 6.07) is 6.42. The van der Waals surface area contributed by atoms with Crippen molar-refractivity contribution in [1.29, 1.82) is 0 Å². The van der Waals surface area contributed by atoms with Gasteiger partial charge in [0.1, 0.15) is 0 Å². The van der Waals surface area contributed by atoms with Crippen LogP contribution in [0.25, 0.3) is 0 Å². The molecule has 0 saturated carbocycles. The molecule has 6 nitrogen and oxygen atoms in total. The predicted octanol–water partition coefficient (Wildman–Crippen LogP) is 0.545. The van der Waals surface area contributed by atoms with E-state index < -0.39 is 16.0 Å². The molecular formula is C12H15NO5S. The molecule has 0 atom stereocenters. The highest BCUT2D eigenvalue weighted by atomic mass is 32.2. The van der Waals surface area contributed by atoms with E-state index in [-0.39, 0.29) is 11.7 Å². The molecule has 0 radical (unpaired) electrons. The van der Waals surface area contributed by atoms with E-state index >= 15 is 0 Å². The summed E-state index contributed by atoms with van der Waals surface area (Å²) in [5, 5.41) is 8.75. The van der Waals surface area contributed by atoms with Gasteiger partial charge in [0.2, 0.25) is 10.0 Å². The first kappa shape index (κ1) is 14.0. The van der Waals surface area contributed by atoms with Gasteiger partial charge in [-0.3, -0.25) is 0 Å². The number of benzene rings is 1. The summed E-state index contributed by atoms with van der Waals surface area (Å²) in [5.41, 5.74) is 1.10. The summed E-state index contributed by atoms with van der Waals surface area (Å²) in [5.74, 6) is -0.963. The number of ether oxygens (including phenoxy) is 1. The Hall–Kier alpha value is -1.44. The lowest BCUT2D eigenvalue weighted by Crippen LogP contribution is -2.54. The second-order valence-electron chi connectivity index (χ2n) is 4.52. The van der Waals surface area contributed by atoms with Crippen molar-refractivity contribution in [2.75, 3.05) is 19.3 Å². The smallest absolute Gasteiger partial charge is 0.335 e. The van der Waals surface area contributed by atoms with Crippen molar-refractivity contribution >= 4 is 16.0 Å². The van der Waals surface area contributed by atoms with E-state index in [4.69, 9.17) is 9.84 Å². The molecule has 0 aromatic heterocycles. The van der Waals surface area contributed by atoms with Gasteiger partial charge in [0.05, 0.1) is 24.5 Å². The summed E-state index contributed by atoms with van der Waals surface area (Å²) in [4.78, 5) is 10.7. The van der Waals surface area contributed by atoms with Crippen LogP contribution in [-0.4, -0.2) is 49.2 Å². The maximum absolute atomic E-state index is 11.1. The van der Waals surface area contributed by atoms with Crippen molar-refractivity contribution in [2.45, 2.75) is 12.7 Å². The second kappa shape index (κ2) is 5.28. The van der Waals surface area contributed by atoms with Gasteiger partial charge in [0, 0.05) is 13.1 Å². The third-order valence-electron chi connectivity index (χ3n) is 2.97. The molecule has 0 bridgehead atoms. The number of aromatic carboxylic acids is 1. The quantitative estimate of drug-likeness (QED) is 0.854. The number of carboxylic acid groups (broad SMARTS) is 1. The average molecular weight is 285 g/mol. The average Bonchev–Trinajstić information content (AvgIpc) is 2.25. The van der Waals surface area contributed by atoms with E-state index in [1.54, 1.807) is 12.1 Å². The lowest BCUT2D eigenvalue weighted by atomic mass is 10.1. The van der Waals surface area contributed by atoms with Crippen LogP contribution in [0.3, 0.4) is 0 Å². The normalized spacial score (nSPS) is 17.1. The molecule has 1 aliphatic rings. The Morgan fingerprint density at radius 2 is 1.95 bits per heavy atom. The predicted molar refractivity (Wildman–Crippen MR) is 68.4 cm³/mol. The molecule has 1 aromatic carbocycles. The van der Waals surface area contributed by atoms with Crippen molar-refractivity contribution in [3.05, 3.63) is 35.4 Å². The van der Waals surface area contributed by atoms with E-state index in [0.717, 1.165) is 5.56 Å². The number of carboxylic acids is 1. The zero-order valence-electron chi connectivity index (χ0n) is 10.4. The van der Waals surface area contributed by atoms with Gasteiger partial charge in [-0.05, 0) is 17.7 Å². The standard InChI is InChI=1S/C12H15NO5S/c1-19(16,17)13-6-11(7-13)18-8-9-2-4-10(5-3-9)12(14)15/h2-5,11H,6-8H2,1H3,(H,14,15). The van der Waals surface area contributed by atoms with Gasteiger partial charge in [-0.2, -0.15) is 4.31 Å². The van der Waals surface area contributed by atoms with Crippen molar-refractivity contribution < 1.29 is 23.1 Å². The molecule has 1 saturated heterocycles. The lowest BCUT2D eigenvalue weighted by Gasteiger charge is -2.36. The van der Waals surface area contributed by atoms with Crippen molar-refractivity contribution in [3.8, 4) is 0 Å². The van der Waals surface area contributed by atoms with Crippen LogP contribution in [0.4, 0.5) is 0 Å². The van der Waals surface area contributed by atoms with Gasteiger partial charge in [-0.25, -0.2) is 13.2 Å². The largest absolute Gasteiger partial charge is 0.478 e. The summed E-state index contributed by atoms with van der Waals surface area (Å²) in [6.07, 6.45) is 1.09. The molecule has 2 rings (SSSR count). The third-order valence-corrected chi connectivity index (χ3v) is 4.21. The van der Waals surface area contributed by atoms with Crippen molar-refractivity contribution in [1.82, 2.24) is 4.31 Å². The summed E-state index contributed by atoms with van der Waals surface area (Å²) in [7, 11) is -3.11. The molecule has 0 spiro atoms. The Labute approximate surface area is 111 Å². The van der Waals surface area contributed by atoms with E-state index in [0.29, 0.717) is 19.7 Å². The molecule has 1 N–H and O–H groups in total. The molecule has 1 fully saturated rings. The number of hydrogen-bond acceptors (Lipinski definition) is 4. The highest BCUT2D eigenvalue weighted by Gasteiger charge is 2.33. The fraction of sp³-hybridized carbons (Fsp3) is 0.417. The van der Waals surface area contributed by atoms with E-state index in [2.05, 4.69) is 0 Å². The molecular weight excluding hydrogens is 270 g/mol. The summed E-state index contributed by atoms with van der Waals surface area (Å²) < 4.78 is 29.2. The SMILES string of the molecule is CS(=O)(=O)N1CC(OCc2ccc(C(=O)O)cc2)C1. The number of hydrogen-bond donors (Lipinski definition) is 1. The first-order valence-electron chi connectivity index (χ1n) is 5.75. The van der Waals surface area contributed by atoms with Gasteiger partial charge in [-0.15, -0.1) is 0 Å². The van der Waals surface area contributed by atoms with Crippen LogP contribution in [0.1, 0.15) is 15.9 Å². The molecule has 1 heterocycles. The minimum absolute atomic E-state index is 0.0890. The van der Waals surface area contributed by atoms with Crippen LogP contribution in [0.5, 0.6) is 0 Å². The van der Waals surface area contributed by atoms with Gasteiger partial charge in [0.15, 0.2) is 0 Å². The Kier molecular flexibility index (Phi) is 3.88. The molecule has 1 aliphatic heterocycles. The Morgan fingerprint density at radius 1 is 1.37 bits per heavy atom. The van der Waals surface area contributed by atoms with Gasteiger partial charge < -0.3 is 9.84 Å². The molecule has 19 heavy (non-hydrogen) atoms. The zero-order valence-corrected chi connectivity index (χ0v) is 11.3. The number of sulfonamides is 1. The first-order valence-corrected chi connectivity index (χ1v) is 7.60. The van der Waals surface area contributed by atoms with Crippen LogP contribution in [0, 0.1) is 0 Å². The molecule has 0 amide bonds. The minimum Gasteiger partial charge on any atom is -0.478 e. The van der Waals surface area contributed by atoms with E-state index in [9.17, 15) is 13.2 Å². The molecule has 0 aliphatic carbocycles. The highest BCUT2D eigenvalue weighted by molar-refractivity contribution is 7.88. The maximum atomic E-state index is 11.1. The zero-order chi connectivity index (χ0) is 14.0. The third kappa shape index (κ3) is 3.52. The van der Waals surface area contributed by atoms with Crippen molar-refractivity contribution in [2.24, 2.45) is 0 Å². The first-order chi connectivity index (χ1) is 8.86. The molecule has 7 heteroatoms. The van der Waals surface area contributed by atoms with Crippen LogP contribution in [0.2, 0.25) is 0 Å². The fourth-order valence-electron chi connectivity index (χ4n) is 1.73. The summed E-state index contributed by atoms with van der Waals surface area (Å²) >= 11 is 0. The van der Waals surface area contributed by atoms with Crippen LogP contribution in [-0.2, 0) is 21.4 Å². The summed E-state index contributed by atoms with van der Waals surface area (Å²) in [6.45, 7) is 1.11. The van der Waals surface area contributed by atoms with Crippen LogP contribution in [0.15, 0.2) is 24.3 Å². The van der Waals surface area contributed by atoms with Crippen LogP contribution < -0.4 is 0 Å². The molecule has 104 valence electrons. The van der Waals surface area contributed by atoms with Gasteiger partial charge in [0.25, 0.3) is 0 Å². The second-order valence-corrected chi connectivity index (χ2v) is 6.50.